The number of rotatable bonds is 2. The fourth-order valence-electron chi connectivity index (χ4n) is 3.15. The summed E-state index contributed by atoms with van der Waals surface area (Å²) in [6.45, 7) is 2.36. The molecule has 1 N–H and O–H groups in total. The largest absolute Gasteiger partial charge is 0.310 e. The standard InChI is InChI=1S/C11H19NS/c1-7-4-9(6-13-7)12-11-3-2-8-5-10(8)11/h7-12H,2-6H2,1H3. The third-order valence-corrected chi connectivity index (χ3v) is 5.35. The summed E-state index contributed by atoms with van der Waals surface area (Å²) in [6.07, 6.45) is 5.91. The van der Waals surface area contributed by atoms with Crippen molar-refractivity contribution in [2.75, 3.05) is 5.75 Å². The number of nitrogens with one attached hydrogen (secondary N) is 1. The van der Waals surface area contributed by atoms with Crippen LogP contribution in [-0.2, 0) is 0 Å². The quantitative estimate of drug-likeness (QED) is 0.729. The van der Waals surface area contributed by atoms with E-state index in [2.05, 4.69) is 24.0 Å². The predicted octanol–water partition coefficient (Wildman–Crippen LogP) is 2.27. The van der Waals surface area contributed by atoms with Crippen LogP contribution in [0.2, 0.25) is 0 Å². The fourth-order valence-corrected chi connectivity index (χ4v) is 4.31. The third-order valence-electron chi connectivity index (χ3n) is 3.99. The SMILES string of the molecule is CC1CC(NC2CCC3CC32)CS1. The van der Waals surface area contributed by atoms with Gasteiger partial charge in [-0.2, -0.15) is 11.8 Å². The molecule has 74 valence electrons. The van der Waals surface area contributed by atoms with Crippen LogP contribution in [0.25, 0.3) is 0 Å². The van der Waals surface area contributed by atoms with E-state index in [0.29, 0.717) is 0 Å². The van der Waals surface area contributed by atoms with Crippen LogP contribution in [0.1, 0.15) is 32.6 Å². The van der Waals surface area contributed by atoms with Crippen molar-refractivity contribution in [2.24, 2.45) is 11.8 Å². The van der Waals surface area contributed by atoms with E-state index < -0.39 is 0 Å². The number of thioether (sulfide) groups is 1. The van der Waals surface area contributed by atoms with E-state index in [1.165, 1.54) is 31.4 Å². The minimum atomic E-state index is 0.837. The Bertz CT molecular complexity index is 206. The van der Waals surface area contributed by atoms with Crippen molar-refractivity contribution in [3.63, 3.8) is 0 Å². The first-order chi connectivity index (χ1) is 6.33. The molecule has 13 heavy (non-hydrogen) atoms. The van der Waals surface area contributed by atoms with Crippen molar-refractivity contribution in [1.82, 2.24) is 5.32 Å². The molecule has 0 bridgehead atoms. The number of fused-ring (bicyclic) bond motifs is 1. The molecule has 5 unspecified atom stereocenters. The number of hydrogen-bond acceptors (Lipinski definition) is 2. The molecule has 1 saturated heterocycles. The second-order valence-electron chi connectivity index (χ2n) is 5.09. The van der Waals surface area contributed by atoms with Gasteiger partial charge < -0.3 is 5.32 Å². The molecule has 0 amide bonds. The van der Waals surface area contributed by atoms with Crippen molar-refractivity contribution < 1.29 is 0 Å². The second-order valence-corrected chi connectivity index (χ2v) is 6.56. The maximum atomic E-state index is 3.88. The molecule has 0 aromatic carbocycles. The van der Waals surface area contributed by atoms with Crippen LogP contribution >= 0.6 is 11.8 Å². The normalized spacial score (nSPS) is 53.8. The Morgan fingerprint density at radius 1 is 1.23 bits per heavy atom. The molecular formula is C11H19NS. The lowest BCUT2D eigenvalue weighted by Gasteiger charge is -2.19. The van der Waals surface area contributed by atoms with Crippen molar-refractivity contribution in [2.45, 2.75) is 49.9 Å². The van der Waals surface area contributed by atoms with E-state index in [-0.39, 0.29) is 0 Å². The highest BCUT2D eigenvalue weighted by Gasteiger charge is 2.48. The van der Waals surface area contributed by atoms with E-state index in [1.54, 1.807) is 0 Å². The molecule has 1 aliphatic heterocycles. The molecule has 1 nitrogen and oxygen atoms in total. The molecule has 1 heterocycles. The Kier molecular flexibility index (Phi) is 2.09. The summed E-state index contributed by atoms with van der Waals surface area (Å²) < 4.78 is 0. The molecule has 0 aromatic heterocycles. The van der Waals surface area contributed by atoms with Crippen LogP contribution in [-0.4, -0.2) is 23.1 Å². The molecule has 5 atom stereocenters. The first-order valence-corrected chi connectivity index (χ1v) is 6.75. The van der Waals surface area contributed by atoms with E-state index in [1.807, 2.05) is 0 Å². The average molecular weight is 197 g/mol. The van der Waals surface area contributed by atoms with Crippen molar-refractivity contribution in [3.8, 4) is 0 Å². The Labute approximate surface area is 85.0 Å². The third kappa shape index (κ3) is 1.63. The van der Waals surface area contributed by atoms with E-state index in [9.17, 15) is 0 Å². The first-order valence-electron chi connectivity index (χ1n) is 5.70. The van der Waals surface area contributed by atoms with Gasteiger partial charge in [-0.1, -0.05) is 6.92 Å². The molecule has 0 spiro atoms. The minimum absolute atomic E-state index is 0.837. The van der Waals surface area contributed by atoms with Crippen LogP contribution in [0, 0.1) is 11.8 Å². The van der Waals surface area contributed by atoms with Crippen LogP contribution in [0.5, 0.6) is 0 Å². The fraction of sp³-hybridized carbons (Fsp3) is 1.00. The zero-order chi connectivity index (χ0) is 8.84. The molecule has 3 rings (SSSR count). The Balaban J connectivity index is 1.52. The van der Waals surface area contributed by atoms with E-state index >= 15 is 0 Å². The van der Waals surface area contributed by atoms with Gasteiger partial charge in [-0.15, -0.1) is 0 Å². The summed E-state index contributed by atoms with van der Waals surface area (Å²) in [4.78, 5) is 0. The van der Waals surface area contributed by atoms with E-state index in [4.69, 9.17) is 0 Å². The van der Waals surface area contributed by atoms with Gasteiger partial charge in [-0.3, -0.25) is 0 Å². The minimum Gasteiger partial charge on any atom is -0.310 e. The number of hydrogen-bond donors (Lipinski definition) is 1. The Hall–Kier alpha value is 0.310. The van der Waals surface area contributed by atoms with Crippen LogP contribution in [0.3, 0.4) is 0 Å². The van der Waals surface area contributed by atoms with Crippen molar-refractivity contribution >= 4 is 11.8 Å². The Morgan fingerprint density at radius 2 is 2.15 bits per heavy atom. The van der Waals surface area contributed by atoms with Crippen molar-refractivity contribution in [3.05, 3.63) is 0 Å². The van der Waals surface area contributed by atoms with Gasteiger partial charge in [-0.25, -0.2) is 0 Å². The van der Waals surface area contributed by atoms with Gasteiger partial charge in [0.25, 0.3) is 0 Å². The zero-order valence-electron chi connectivity index (χ0n) is 8.33. The monoisotopic (exact) mass is 197 g/mol. The van der Waals surface area contributed by atoms with E-state index in [0.717, 1.165) is 29.2 Å². The molecule has 2 heteroatoms. The highest BCUT2D eigenvalue weighted by Crippen LogP contribution is 2.52. The van der Waals surface area contributed by atoms with Gasteiger partial charge in [-0.05, 0) is 37.5 Å². The average Bonchev–Trinajstić information content (AvgIpc) is 2.63. The highest BCUT2D eigenvalue weighted by molar-refractivity contribution is 8.00. The van der Waals surface area contributed by atoms with Crippen LogP contribution in [0.15, 0.2) is 0 Å². The lowest BCUT2D eigenvalue weighted by Crippen LogP contribution is -2.38. The van der Waals surface area contributed by atoms with Crippen molar-refractivity contribution in [1.29, 1.82) is 0 Å². The van der Waals surface area contributed by atoms with Crippen LogP contribution in [0.4, 0.5) is 0 Å². The smallest absolute Gasteiger partial charge is 0.0171 e. The topological polar surface area (TPSA) is 12.0 Å². The maximum Gasteiger partial charge on any atom is 0.0171 e. The van der Waals surface area contributed by atoms with Gasteiger partial charge in [0.1, 0.15) is 0 Å². The summed E-state index contributed by atoms with van der Waals surface area (Å²) in [5.74, 6) is 3.57. The lowest BCUT2D eigenvalue weighted by atomic mass is 10.1. The second kappa shape index (κ2) is 3.16. The molecule has 2 aliphatic carbocycles. The summed E-state index contributed by atoms with van der Waals surface area (Å²) in [6, 6.07) is 1.74. The lowest BCUT2D eigenvalue weighted by molar-refractivity contribution is 0.414. The first kappa shape index (κ1) is 8.60. The molecule has 0 radical (unpaired) electrons. The summed E-state index contributed by atoms with van der Waals surface area (Å²) >= 11 is 2.14. The maximum absolute atomic E-state index is 3.88. The van der Waals surface area contributed by atoms with Gasteiger partial charge >= 0.3 is 0 Å². The molecule has 0 aromatic rings. The van der Waals surface area contributed by atoms with Gasteiger partial charge in [0, 0.05) is 23.1 Å². The summed E-state index contributed by atoms with van der Waals surface area (Å²) in [7, 11) is 0. The summed E-state index contributed by atoms with van der Waals surface area (Å²) in [5, 5.41) is 4.78. The van der Waals surface area contributed by atoms with Crippen LogP contribution < -0.4 is 5.32 Å². The summed E-state index contributed by atoms with van der Waals surface area (Å²) in [5.41, 5.74) is 0. The molecule has 2 saturated carbocycles. The molecular weight excluding hydrogens is 178 g/mol. The highest BCUT2D eigenvalue weighted by atomic mass is 32.2. The zero-order valence-corrected chi connectivity index (χ0v) is 9.15. The van der Waals surface area contributed by atoms with Gasteiger partial charge in [0.05, 0.1) is 0 Å². The molecule has 3 aliphatic rings. The Morgan fingerprint density at radius 3 is 2.69 bits per heavy atom. The molecule has 3 fully saturated rings. The predicted molar refractivity (Wildman–Crippen MR) is 58.1 cm³/mol. The van der Waals surface area contributed by atoms with Gasteiger partial charge in [0.15, 0.2) is 0 Å². The van der Waals surface area contributed by atoms with Gasteiger partial charge in [0.2, 0.25) is 0 Å².